The van der Waals surface area contributed by atoms with Crippen molar-refractivity contribution in [3.63, 3.8) is 0 Å². The van der Waals surface area contributed by atoms with E-state index in [-0.39, 0.29) is 5.82 Å². The number of nitrogens with zero attached hydrogens (tertiary/aromatic N) is 1. The second-order valence-electron chi connectivity index (χ2n) is 3.56. The lowest BCUT2D eigenvalue weighted by Crippen LogP contribution is -2.07. The molecule has 2 rings (SSSR count). The molecule has 0 radical (unpaired) electrons. The van der Waals surface area contributed by atoms with Gasteiger partial charge in [0.25, 0.3) is 6.47 Å². The number of aromatic amines is 1. The van der Waals surface area contributed by atoms with Gasteiger partial charge in [-0.2, -0.15) is 5.10 Å². The number of carbonyl (C=O) groups excluding carboxylic acids is 1. The van der Waals surface area contributed by atoms with E-state index in [0.717, 1.165) is 5.69 Å². The first-order valence-electron chi connectivity index (χ1n) is 5.12. The van der Waals surface area contributed by atoms with Crippen molar-refractivity contribution in [1.82, 2.24) is 10.2 Å². The highest BCUT2D eigenvalue weighted by Crippen LogP contribution is 2.21. The molecule has 0 aliphatic heterocycles. The highest BCUT2D eigenvalue weighted by atomic mass is 19.1. The van der Waals surface area contributed by atoms with Gasteiger partial charge < -0.3 is 4.74 Å². The first kappa shape index (κ1) is 11.3. The maximum absolute atomic E-state index is 13.1. The minimum atomic E-state index is -0.511. The molecule has 0 saturated heterocycles. The summed E-state index contributed by atoms with van der Waals surface area (Å²) in [7, 11) is 0. The van der Waals surface area contributed by atoms with Gasteiger partial charge in [0.1, 0.15) is 11.9 Å². The first-order chi connectivity index (χ1) is 8.29. The van der Waals surface area contributed by atoms with Crippen molar-refractivity contribution in [3.8, 4) is 0 Å². The molecule has 1 N–H and O–H groups in total. The second-order valence-corrected chi connectivity index (χ2v) is 3.56. The van der Waals surface area contributed by atoms with Gasteiger partial charge in [-0.05, 0) is 23.8 Å². The van der Waals surface area contributed by atoms with Gasteiger partial charge in [0, 0.05) is 18.3 Å². The predicted octanol–water partition coefficient (Wildman–Crippen LogP) is 2.01. The fourth-order valence-electron chi connectivity index (χ4n) is 1.62. The van der Waals surface area contributed by atoms with Crippen LogP contribution in [0.5, 0.6) is 0 Å². The topological polar surface area (TPSA) is 55.0 Å². The number of hydrogen-bond acceptors (Lipinski definition) is 3. The molecule has 5 heteroatoms. The Balaban J connectivity index is 2.19. The molecule has 0 saturated carbocycles. The number of nitrogens with one attached hydrogen (secondary N) is 1. The van der Waals surface area contributed by atoms with Gasteiger partial charge in [-0.3, -0.25) is 9.89 Å². The van der Waals surface area contributed by atoms with Gasteiger partial charge in [0.05, 0.1) is 0 Å². The van der Waals surface area contributed by atoms with Crippen LogP contribution in [0, 0.1) is 5.82 Å². The highest BCUT2D eigenvalue weighted by molar-refractivity contribution is 5.39. The van der Waals surface area contributed by atoms with Crippen LogP contribution in [0.25, 0.3) is 0 Å². The van der Waals surface area contributed by atoms with Crippen LogP contribution in [0.3, 0.4) is 0 Å². The molecule has 1 unspecified atom stereocenters. The molecule has 0 spiro atoms. The van der Waals surface area contributed by atoms with E-state index in [1.165, 1.54) is 12.1 Å². The number of aromatic nitrogens is 2. The van der Waals surface area contributed by atoms with Gasteiger partial charge in [0.2, 0.25) is 0 Å². The summed E-state index contributed by atoms with van der Waals surface area (Å²) in [5.74, 6) is -0.355. The molecule has 0 fully saturated rings. The summed E-state index contributed by atoms with van der Waals surface area (Å²) in [5.41, 5.74) is 1.44. The number of carbonyl (C=O) groups is 1. The Kier molecular flexibility index (Phi) is 3.49. The third-order valence-corrected chi connectivity index (χ3v) is 2.40. The summed E-state index contributed by atoms with van der Waals surface area (Å²) in [5, 5.41) is 6.57. The Morgan fingerprint density at radius 1 is 1.47 bits per heavy atom. The average molecular weight is 234 g/mol. The van der Waals surface area contributed by atoms with Crippen LogP contribution < -0.4 is 0 Å². The van der Waals surface area contributed by atoms with Crippen molar-refractivity contribution in [2.45, 2.75) is 12.5 Å². The Labute approximate surface area is 97.4 Å². The normalized spacial score (nSPS) is 12.1. The maximum atomic E-state index is 13.1. The maximum Gasteiger partial charge on any atom is 0.293 e. The number of hydrogen-bond donors (Lipinski definition) is 1. The van der Waals surface area contributed by atoms with Crippen molar-refractivity contribution in [3.05, 3.63) is 53.6 Å². The number of H-pyrrole nitrogens is 1. The van der Waals surface area contributed by atoms with Crippen molar-refractivity contribution >= 4 is 6.47 Å². The number of halogens is 1. The zero-order chi connectivity index (χ0) is 12.1. The average Bonchev–Trinajstić information content (AvgIpc) is 2.81. The van der Waals surface area contributed by atoms with E-state index >= 15 is 0 Å². The van der Waals surface area contributed by atoms with Gasteiger partial charge >= 0.3 is 0 Å². The largest absolute Gasteiger partial charge is 0.459 e. The van der Waals surface area contributed by atoms with E-state index in [9.17, 15) is 9.18 Å². The molecule has 1 atom stereocenters. The number of rotatable bonds is 5. The van der Waals surface area contributed by atoms with Crippen molar-refractivity contribution in [2.75, 3.05) is 0 Å². The molecule has 1 heterocycles. The third kappa shape index (κ3) is 2.90. The Bertz CT molecular complexity index is 485. The van der Waals surface area contributed by atoms with E-state index in [1.54, 1.807) is 24.4 Å². The van der Waals surface area contributed by atoms with Gasteiger partial charge in [-0.1, -0.05) is 12.1 Å². The molecular formula is C12H11FN2O2. The molecule has 0 bridgehead atoms. The smallest absolute Gasteiger partial charge is 0.293 e. The fraction of sp³-hybridized carbons (Fsp3) is 0.167. The van der Waals surface area contributed by atoms with Crippen LogP contribution in [0.4, 0.5) is 4.39 Å². The van der Waals surface area contributed by atoms with Gasteiger partial charge in [-0.15, -0.1) is 0 Å². The van der Waals surface area contributed by atoms with E-state index < -0.39 is 6.10 Å². The third-order valence-electron chi connectivity index (χ3n) is 2.40. The van der Waals surface area contributed by atoms with Crippen molar-refractivity contribution in [2.24, 2.45) is 0 Å². The molecule has 0 aliphatic carbocycles. The lowest BCUT2D eigenvalue weighted by atomic mass is 10.0. The van der Waals surface area contributed by atoms with Crippen LogP contribution in [0.2, 0.25) is 0 Å². The van der Waals surface area contributed by atoms with Crippen molar-refractivity contribution in [1.29, 1.82) is 0 Å². The molecule has 2 aromatic rings. The summed E-state index contributed by atoms with van der Waals surface area (Å²) in [6.07, 6.45) is 1.53. The molecule has 1 aromatic carbocycles. The van der Waals surface area contributed by atoms with Gasteiger partial charge in [0.15, 0.2) is 0 Å². The van der Waals surface area contributed by atoms with Crippen molar-refractivity contribution < 1.29 is 13.9 Å². The van der Waals surface area contributed by atoms with E-state index in [2.05, 4.69) is 10.2 Å². The van der Waals surface area contributed by atoms with Crippen LogP contribution >= 0.6 is 0 Å². The highest BCUT2D eigenvalue weighted by Gasteiger charge is 2.14. The van der Waals surface area contributed by atoms with E-state index in [4.69, 9.17) is 4.74 Å². The van der Waals surface area contributed by atoms with Crippen LogP contribution in [0.15, 0.2) is 36.5 Å². The van der Waals surface area contributed by atoms with Crippen LogP contribution in [-0.2, 0) is 16.0 Å². The van der Waals surface area contributed by atoms with Gasteiger partial charge in [-0.25, -0.2) is 4.39 Å². The molecule has 4 nitrogen and oxygen atoms in total. The summed E-state index contributed by atoms with van der Waals surface area (Å²) >= 11 is 0. The molecule has 17 heavy (non-hydrogen) atoms. The lowest BCUT2D eigenvalue weighted by Gasteiger charge is -2.14. The summed E-state index contributed by atoms with van der Waals surface area (Å²) < 4.78 is 18.0. The Morgan fingerprint density at radius 3 is 3.00 bits per heavy atom. The first-order valence-corrected chi connectivity index (χ1v) is 5.12. The zero-order valence-electron chi connectivity index (χ0n) is 8.97. The molecule has 88 valence electrons. The SMILES string of the molecule is O=COC(Cc1ccn[nH]1)c1cccc(F)c1. The molecule has 0 aliphatic rings. The Morgan fingerprint density at radius 2 is 2.35 bits per heavy atom. The van der Waals surface area contributed by atoms with E-state index in [1.807, 2.05) is 0 Å². The standard InChI is InChI=1S/C12H11FN2O2/c13-10-3-1-2-9(6-10)12(17-8-16)7-11-4-5-14-15-11/h1-6,8,12H,7H2,(H,14,15). The summed E-state index contributed by atoms with van der Waals surface area (Å²) in [6.45, 7) is 0.367. The molecule has 0 amide bonds. The minimum Gasteiger partial charge on any atom is -0.459 e. The lowest BCUT2D eigenvalue weighted by molar-refractivity contribution is -0.133. The summed E-state index contributed by atoms with van der Waals surface area (Å²) in [6, 6.07) is 7.77. The second kappa shape index (κ2) is 5.25. The molecular weight excluding hydrogens is 223 g/mol. The number of benzene rings is 1. The van der Waals surface area contributed by atoms with Crippen LogP contribution in [-0.4, -0.2) is 16.7 Å². The zero-order valence-corrected chi connectivity index (χ0v) is 8.97. The quantitative estimate of drug-likeness (QED) is 0.805. The number of ether oxygens (including phenoxy) is 1. The fourth-order valence-corrected chi connectivity index (χ4v) is 1.62. The monoisotopic (exact) mass is 234 g/mol. The van der Waals surface area contributed by atoms with Crippen LogP contribution in [0.1, 0.15) is 17.4 Å². The minimum absolute atomic E-state index is 0.355. The van der Waals surface area contributed by atoms with E-state index in [0.29, 0.717) is 18.5 Å². The molecule has 1 aromatic heterocycles. The Hall–Kier alpha value is -2.17. The predicted molar refractivity (Wildman–Crippen MR) is 58.6 cm³/mol. The summed E-state index contributed by atoms with van der Waals surface area (Å²) in [4.78, 5) is 10.5.